The predicted octanol–water partition coefficient (Wildman–Crippen LogP) is 3.89. The third-order valence-corrected chi connectivity index (χ3v) is 5.22. The van der Waals surface area contributed by atoms with E-state index in [9.17, 15) is 4.79 Å². The zero-order chi connectivity index (χ0) is 20.5. The molecule has 1 saturated heterocycles. The van der Waals surface area contributed by atoms with Crippen LogP contribution in [0.2, 0.25) is 0 Å². The van der Waals surface area contributed by atoms with Gasteiger partial charge in [0.05, 0.1) is 25.8 Å². The number of carbonyl (C=O) groups excluding carboxylic acids is 1. The Morgan fingerprint density at radius 3 is 2.66 bits per heavy atom. The Morgan fingerprint density at radius 1 is 1.10 bits per heavy atom. The summed E-state index contributed by atoms with van der Waals surface area (Å²) in [6, 6.07) is 11.5. The summed E-state index contributed by atoms with van der Waals surface area (Å²) < 4.78 is 16.3. The molecule has 29 heavy (non-hydrogen) atoms. The molecule has 3 aromatic rings. The van der Waals surface area contributed by atoms with Crippen LogP contribution >= 0.6 is 0 Å². The lowest BCUT2D eigenvalue weighted by molar-refractivity contribution is -0.117. The number of methoxy groups -OCH3 is 2. The van der Waals surface area contributed by atoms with E-state index in [1.165, 1.54) is 5.56 Å². The number of rotatable bonds is 5. The van der Waals surface area contributed by atoms with Crippen LogP contribution in [0.25, 0.3) is 11.4 Å². The minimum absolute atomic E-state index is 0.0205. The van der Waals surface area contributed by atoms with Crippen molar-refractivity contribution in [3.63, 3.8) is 0 Å². The summed E-state index contributed by atoms with van der Waals surface area (Å²) >= 11 is 0. The van der Waals surface area contributed by atoms with E-state index in [4.69, 9.17) is 14.0 Å². The second kappa shape index (κ2) is 7.58. The highest BCUT2D eigenvalue weighted by Crippen LogP contribution is 2.38. The molecule has 1 aliphatic rings. The largest absolute Gasteiger partial charge is 0.497 e. The lowest BCUT2D eigenvalue weighted by Gasteiger charge is -2.20. The van der Waals surface area contributed by atoms with Crippen molar-refractivity contribution in [3.05, 3.63) is 53.4 Å². The van der Waals surface area contributed by atoms with Crippen molar-refractivity contribution in [2.75, 3.05) is 25.7 Å². The van der Waals surface area contributed by atoms with Crippen LogP contribution < -0.4 is 14.4 Å². The quantitative estimate of drug-likeness (QED) is 0.654. The van der Waals surface area contributed by atoms with Gasteiger partial charge in [-0.1, -0.05) is 28.9 Å². The predicted molar refractivity (Wildman–Crippen MR) is 108 cm³/mol. The van der Waals surface area contributed by atoms with Gasteiger partial charge in [0.2, 0.25) is 17.6 Å². The van der Waals surface area contributed by atoms with Gasteiger partial charge in [0, 0.05) is 24.6 Å². The first-order valence-corrected chi connectivity index (χ1v) is 9.43. The number of amides is 1. The van der Waals surface area contributed by atoms with E-state index in [-0.39, 0.29) is 11.8 Å². The summed E-state index contributed by atoms with van der Waals surface area (Å²) in [5, 5.41) is 4.14. The third-order valence-electron chi connectivity index (χ3n) is 5.22. The van der Waals surface area contributed by atoms with Gasteiger partial charge >= 0.3 is 0 Å². The SMILES string of the molecule is COc1ccc(OC)c(N2CC(c3nc(-c4ccc(C)cc4C)no3)CC2=O)c1. The first-order valence-electron chi connectivity index (χ1n) is 9.43. The average Bonchev–Trinajstić information content (AvgIpc) is 3.34. The molecule has 7 nitrogen and oxygen atoms in total. The molecule has 1 amide bonds. The van der Waals surface area contributed by atoms with Gasteiger partial charge < -0.3 is 18.9 Å². The van der Waals surface area contributed by atoms with Gasteiger partial charge in [0.15, 0.2) is 0 Å². The maximum Gasteiger partial charge on any atom is 0.232 e. The van der Waals surface area contributed by atoms with Gasteiger partial charge in [-0.2, -0.15) is 4.98 Å². The summed E-state index contributed by atoms with van der Waals surface area (Å²) in [5.74, 6) is 2.09. The molecule has 2 heterocycles. The van der Waals surface area contributed by atoms with Gasteiger partial charge in [-0.3, -0.25) is 4.79 Å². The molecule has 1 fully saturated rings. The molecule has 0 saturated carbocycles. The van der Waals surface area contributed by atoms with E-state index in [1.807, 2.05) is 26.0 Å². The third kappa shape index (κ3) is 3.55. The van der Waals surface area contributed by atoms with Crippen LogP contribution in [-0.4, -0.2) is 36.8 Å². The second-order valence-corrected chi connectivity index (χ2v) is 7.22. The Morgan fingerprint density at radius 2 is 1.93 bits per heavy atom. The number of carbonyl (C=O) groups is 1. The summed E-state index contributed by atoms with van der Waals surface area (Å²) in [7, 11) is 3.17. The standard InChI is InChI=1S/C22H23N3O4/c1-13-5-7-17(14(2)9-13)21-23-22(29-24-21)15-10-20(26)25(12-15)18-11-16(27-3)6-8-19(18)28-4/h5-9,11,15H,10,12H2,1-4H3. The average molecular weight is 393 g/mol. The highest BCUT2D eigenvalue weighted by Gasteiger charge is 2.36. The number of ether oxygens (including phenoxy) is 2. The lowest BCUT2D eigenvalue weighted by atomic mass is 10.1. The summed E-state index contributed by atoms with van der Waals surface area (Å²) in [6.07, 6.45) is 0.300. The van der Waals surface area contributed by atoms with Gasteiger partial charge in [0.1, 0.15) is 11.5 Å². The number of hydrogen-bond acceptors (Lipinski definition) is 6. The molecule has 0 N–H and O–H groups in total. The van der Waals surface area contributed by atoms with Crippen LogP contribution in [0.3, 0.4) is 0 Å². The van der Waals surface area contributed by atoms with Crippen LogP contribution in [0.4, 0.5) is 5.69 Å². The van der Waals surface area contributed by atoms with E-state index in [0.717, 1.165) is 11.1 Å². The summed E-state index contributed by atoms with van der Waals surface area (Å²) in [4.78, 5) is 19.0. The summed E-state index contributed by atoms with van der Waals surface area (Å²) in [6.45, 7) is 4.51. The molecule has 2 aromatic carbocycles. The first kappa shape index (κ1) is 19.0. The van der Waals surface area contributed by atoms with E-state index in [0.29, 0.717) is 41.9 Å². The Hall–Kier alpha value is -3.35. The number of aromatic nitrogens is 2. The van der Waals surface area contributed by atoms with E-state index >= 15 is 0 Å². The minimum atomic E-state index is -0.176. The van der Waals surface area contributed by atoms with Crippen molar-refractivity contribution < 1.29 is 18.8 Å². The van der Waals surface area contributed by atoms with Gasteiger partial charge in [0.25, 0.3) is 0 Å². The molecule has 150 valence electrons. The van der Waals surface area contributed by atoms with Crippen LogP contribution in [0, 0.1) is 13.8 Å². The Balaban J connectivity index is 1.60. The molecular weight excluding hydrogens is 370 g/mol. The molecule has 0 aliphatic carbocycles. The lowest BCUT2D eigenvalue weighted by Crippen LogP contribution is -2.24. The fourth-order valence-electron chi connectivity index (χ4n) is 3.69. The van der Waals surface area contributed by atoms with Crippen LogP contribution in [-0.2, 0) is 4.79 Å². The number of hydrogen-bond donors (Lipinski definition) is 0. The molecular formula is C22H23N3O4. The number of aryl methyl sites for hydroxylation is 2. The van der Waals surface area contributed by atoms with E-state index in [2.05, 4.69) is 16.2 Å². The van der Waals surface area contributed by atoms with Crippen LogP contribution in [0.15, 0.2) is 40.9 Å². The molecule has 4 rings (SSSR count). The molecule has 0 bridgehead atoms. The van der Waals surface area contributed by atoms with Crippen LogP contribution in [0.5, 0.6) is 11.5 Å². The number of anilines is 1. The molecule has 1 unspecified atom stereocenters. The minimum Gasteiger partial charge on any atom is -0.497 e. The van der Waals surface area contributed by atoms with Gasteiger partial charge in [-0.25, -0.2) is 0 Å². The topological polar surface area (TPSA) is 77.7 Å². The molecule has 0 radical (unpaired) electrons. The molecule has 1 atom stereocenters. The molecule has 1 aliphatic heterocycles. The maximum absolute atomic E-state index is 12.7. The normalized spacial score (nSPS) is 16.3. The summed E-state index contributed by atoms with van der Waals surface area (Å²) in [5.41, 5.74) is 3.87. The second-order valence-electron chi connectivity index (χ2n) is 7.22. The van der Waals surface area contributed by atoms with Crippen molar-refractivity contribution in [1.82, 2.24) is 10.1 Å². The van der Waals surface area contributed by atoms with E-state index < -0.39 is 0 Å². The monoisotopic (exact) mass is 393 g/mol. The highest BCUT2D eigenvalue weighted by molar-refractivity contribution is 5.98. The zero-order valence-electron chi connectivity index (χ0n) is 16.9. The fraction of sp³-hybridized carbons (Fsp3) is 0.318. The van der Waals surface area contributed by atoms with Crippen molar-refractivity contribution >= 4 is 11.6 Å². The van der Waals surface area contributed by atoms with Gasteiger partial charge in [-0.05, 0) is 31.5 Å². The van der Waals surface area contributed by atoms with Crippen molar-refractivity contribution in [3.8, 4) is 22.9 Å². The Labute approximate surface area is 169 Å². The number of nitrogens with zero attached hydrogens (tertiary/aromatic N) is 3. The van der Waals surface area contributed by atoms with Crippen molar-refractivity contribution in [1.29, 1.82) is 0 Å². The van der Waals surface area contributed by atoms with Crippen molar-refractivity contribution in [2.24, 2.45) is 0 Å². The Bertz CT molecular complexity index is 1060. The molecule has 7 heteroatoms. The molecule has 1 aromatic heterocycles. The fourth-order valence-corrected chi connectivity index (χ4v) is 3.69. The highest BCUT2D eigenvalue weighted by atomic mass is 16.5. The molecule has 0 spiro atoms. The first-order chi connectivity index (χ1) is 14.0. The van der Waals surface area contributed by atoms with Crippen molar-refractivity contribution in [2.45, 2.75) is 26.2 Å². The van der Waals surface area contributed by atoms with Gasteiger partial charge in [-0.15, -0.1) is 0 Å². The number of benzene rings is 2. The smallest absolute Gasteiger partial charge is 0.232 e. The maximum atomic E-state index is 12.7. The zero-order valence-corrected chi connectivity index (χ0v) is 16.9. The van der Waals surface area contributed by atoms with E-state index in [1.54, 1.807) is 37.3 Å². The Kier molecular flexibility index (Phi) is 4.96. The van der Waals surface area contributed by atoms with Crippen LogP contribution in [0.1, 0.15) is 29.4 Å².